The molecule has 0 saturated heterocycles. The average Bonchev–Trinajstić information content (AvgIpc) is 3.33. The van der Waals surface area contributed by atoms with Crippen molar-refractivity contribution < 1.29 is 9.47 Å². The second-order valence-electron chi connectivity index (χ2n) is 7.47. The van der Waals surface area contributed by atoms with E-state index < -0.39 is 0 Å². The van der Waals surface area contributed by atoms with Crippen molar-refractivity contribution in [2.75, 3.05) is 19.0 Å². The van der Waals surface area contributed by atoms with Gasteiger partial charge in [-0.05, 0) is 47.4 Å². The molecule has 32 heavy (non-hydrogen) atoms. The van der Waals surface area contributed by atoms with E-state index in [0.717, 1.165) is 22.6 Å². The predicted molar refractivity (Wildman–Crippen MR) is 126 cm³/mol. The van der Waals surface area contributed by atoms with Gasteiger partial charge in [0.15, 0.2) is 11.5 Å². The van der Waals surface area contributed by atoms with Crippen LogP contribution in [0.1, 0.15) is 24.1 Å². The zero-order valence-electron chi connectivity index (χ0n) is 18.0. The second-order valence-corrected chi connectivity index (χ2v) is 7.47. The maximum absolute atomic E-state index is 5.68. The monoisotopic (exact) mass is 424 g/mol. The molecule has 0 fully saturated rings. The van der Waals surface area contributed by atoms with Crippen molar-refractivity contribution in [2.24, 2.45) is 0 Å². The Kier molecular flexibility index (Phi) is 5.34. The highest BCUT2D eigenvalue weighted by Crippen LogP contribution is 2.36. The number of anilines is 1. The van der Waals surface area contributed by atoms with Crippen LogP contribution in [0.4, 0.5) is 5.95 Å². The Labute approximate surface area is 187 Å². The van der Waals surface area contributed by atoms with E-state index in [1.165, 1.54) is 11.1 Å². The molecule has 0 unspecified atom stereocenters. The Morgan fingerprint density at radius 1 is 0.906 bits per heavy atom. The molecule has 0 radical (unpaired) electrons. The van der Waals surface area contributed by atoms with Crippen molar-refractivity contribution in [3.05, 3.63) is 96.3 Å². The van der Waals surface area contributed by atoms with E-state index in [0.29, 0.717) is 18.3 Å². The number of aromatic nitrogens is 3. The smallest absolute Gasteiger partial charge is 0.226 e. The van der Waals surface area contributed by atoms with E-state index in [1.807, 2.05) is 35.9 Å². The molecule has 6 nitrogen and oxygen atoms in total. The lowest BCUT2D eigenvalue weighted by Gasteiger charge is -2.25. The standard InChI is InChI=1S/C26H24N4O2/c1-3-32-24-14-13-21(15-25(24)31-2)23-16-22(29-26-27-17-28-30(23)26)20-11-9-19(10-12-20)18-7-5-4-6-8-18/h4-17,23H,3H2,1-2H3,(H,27,28,29)/t23-/m1/s1. The number of fused-ring (bicyclic) bond motifs is 1. The van der Waals surface area contributed by atoms with E-state index in [2.05, 4.69) is 70.0 Å². The maximum atomic E-state index is 5.68. The second kappa shape index (κ2) is 8.59. The summed E-state index contributed by atoms with van der Waals surface area (Å²) in [6, 6.07) is 24.8. The number of hydrogen-bond acceptors (Lipinski definition) is 5. The number of hydrogen-bond donors (Lipinski definition) is 1. The summed E-state index contributed by atoms with van der Waals surface area (Å²) < 4.78 is 13.1. The lowest BCUT2D eigenvalue weighted by Crippen LogP contribution is -2.20. The minimum atomic E-state index is -0.123. The van der Waals surface area contributed by atoms with E-state index >= 15 is 0 Å². The predicted octanol–water partition coefficient (Wildman–Crippen LogP) is 5.41. The summed E-state index contributed by atoms with van der Waals surface area (Å²) in [4.78, 5) is 4.41. The first-order valence-electron chi connectivity index (χ1n) is 10.6. The van der Waals surface area contributed by atoms with Gasteiger partial charge in [0.25, 0.3) is 0 Å². The molecule has 1 atom stereocenters. The number of benzene rings is 3. The molecule has 1 N–H and O–H groups in total. The zero-order valence-corrected chi connectivity index (χ0v) is 18.0. The van der Waals surface area contributed by atoms with Crippen molar-refractivity contribution in [3.63, 3.8) is 0 Å². The number of nitrogens with zero attached hydrogens (tertiary/aromatic N) is 3. The Hall–Kier alpha value is -4.06. The normalized spacial score (nSPS) is 14.8. The Bertz CT molecular complexity index is 1250. The molecule has 1 aliphatic rings. The number of rotatable bonds is 6. The summed E-state index contributed by atoms with van der Waals surface area (Å²) in [7, 11) is 1.65. The van der Waals surface area contributed by atoms with Crippen LogP contribution >= 0.6 is 0 Å². The van der Waals surface area contributed by atoms with Crippen LogP contribution in [0.15, 0.2) is 85.2 Å². The van der Waals surface area contributed by atoms with E-state index in [4.69, 9.17) is 9.47 Å². The van der Waals surface area contributed by atoms with Gasteiger partial charge in [-0.15, -0.1) is 0 Å². The van der Waals surface area contributed by atoms with Crippen LogP contribution in [-0.4, -0.2) is 28.5 Å². The van der Waals surface area contributed by atoms with Crippen molar-refractivity contribution in [1.82, 2.24) is 14.8 Å². The topological polar surface area (TPSA) is 61.2 Å². The first-order valence-corrected chi connectivity index (χ1v) is 10.6. The van der Waals surface area contributed by atoms with E-state index in [1.54, 1.807) is 13.4 Å². The summed E-state index contributed by atoms with van der Waals surface area (Å²) in [5, 5.41) is 7.84. The van der Waals surface area contributed by atoms with Gasteiger partial charge in [-0.25, -0.2) is 4.68 Å². The first kappa shape index (κ1) is 19.9. The van der Waals surface area contributed by atoms with E-state index in [9.17, 15) is 0 Å². The molecule has 6 heteroatoms. The number of allylic oxidation sites excluding steroid dienone is 1. The molecule has 0 bridgehead atoms. The van der Waals surface area contributed by atoms with Crippen LogP contribution in [0.25, 0.3) is 16.8 Å². The van der Waals surface area contributed by atoms with Gasteiger partial charge >= 0.3 is 0 Å². The molecular weight excluding hydrogens is 400 g/mol. The fourth-order valence-corrected chi connectivity index (χ4v) is 3.96. The van der Waals surface area contributed by atoms with Crippen molar-refractivity contribution >= 4 is 11.6 Å². The van der Waals surface area contributed by atoms with Gasteiger partial charge in [0.05, 0.1) is 13.7 Å². The highest BCUT2D eigenvalue weighted by atomic mass is 16.5. The van der Waals surface area contributed by atoms with Gasteiger partial charge in [0.1, 0.15) is 12.4 Å². The van der Waals surface area contributed by atoms with Gasteiger partial charge < -0.3 is 14.8 Å². The SMILES string of the molecule is CCOc1ccc([C@H]2C=C(c3ccc(-c4ccccc4)cc3)Nc3ncnn32)cc1OC. The number of methoxy groups -OCH3 is 1. The third-order valence-electron chi connectivity index (χ3n) is 5.54. The van der Waals surface area contributed by atoms with Crippen LogP contribution in [0, 0.1) is 0 Å². The molecule has 2 heterocycles. The summed E-state index contributed by atoms with van der Waals surface area (Å²) in [6.45, 7) is 2.54. The van der Waals surface area contributed by atoms with Crippen LogP contribution in [0.2, 0.25) is 0 Å². The van der Waals surface area contributed by atoms with Gasteiger partial charge in [0, 0.05) is 5.70 Å². The number of nitrogens with one attached hydrogen (secondary N) is 1. The van der Waals surface area contributed by atoms with Crippen LogP contribution in [0.5, 0.6) is 11.5 Å². The van der Waals surface area contributed by atoms with Crippen LogP contribution in [0.3, 0.4) is 0 Å². The van der Waals surface area contributed by atoms with Crippen molar-refractivity contribution in [2.45, 2.75) is 13.0 Å². The Morgan fingerprint density at radius 2 is 1.66 bits per heavy atom. The first-order chi connectivity index (χ1) is 15.8. The highest BCUT2D eigenvalue weighted by Gasteiger charge is 2.24. The van der Waals surface area contributed by atoms with Crippen LogP contribution < -0.4 is 14.8 Å². The molecule has 3 aromatic carbocycles. The van der Waals surface area contributed by atoms with Crippen molar-refractivity contribution in [1.29, 1.82) is 0 Å². The molecule has 0 saturated carbocycles. The van der Waals surface area contributed by atoms with E-state index in [-0.39, 0.29) is 6.04 Å². The summed E-state index contributed by atoms with van der Waals surface area (Å²) in [5.74, 6) is 2.13. The minimum Gasteiger partial charge on any atom is -0.493 e. The fraction of sp³-hybridized carbons (Fsp3) is 0.154. The largest absolute Gasteiger partial charge is 0.493 e. The minimum absolute atomic E-state index is 0.123. The summed E-state index contributed by atoms with van der Waals surface area (Å²) in [5.41, 5.74) is 5.49. The third kappa shape index (κ3) is 3.71. The van der Waals surface area contributed by atoms with Gasteiger partial charge in [0.2, 0.25) is 5.95 Å². The van der Waals surface area contributed by atoms with Crippen molar-refractivity contribution in [3.8, 4) is 22.6 Å². The molecule has 4 aromatic rings. The lowest BCUT2D eigenvalue weighted by molar-refractivity contribution is 0.310. The molecular formula is C26H24N4O2. The molecule has 1 aromatic heterocycles. The average molecular weight is 425 g/mol. The van der Waals surface area contributed by atoms with Crippen LogP contribution in [-0.2, 0) is 0 Å². The quantitative estimate of drug-likeness (QED) is 0.449. The lowest BCUT2D eigenvalue weighted by atomic mass is 9.99. The van der Waals surface area contributed by atoms with Gasteiger partial charge in [-0.3, -0.25) is 0 Å². The molecule has 160 valence electrons. The zero-order chi connectivity index (χ0) is 21.9. The summed E-state index contributed by atoms with van der Waals surface area (Å²) in [6.07, 6.45) is 3.73. The molecule has 0 aliphatic carbocycles. The Morgan fingerprint density at radius 3 is 2.41 bits per heavy atom. The molecule has 1 aliphatic heterocycles. The number of ether oxygens (including phenoxy) is 2. The Balaban J connectivity index is 1.51. The third-order valence-corrected chi connectivity index (χ3v) is 5.54. The highest BCUT2D eigenvalue weighted by molar-refractivity contribution is 5.78. The molecule has 0 spiro atoms. The summed E-state index contributed by atoms with van der Waals surface area (Å²) >= 11 is 0. The molecule has 5 rings (SSSR count). The maximum Gasteiger partial charge on any atom is 0.226 e. The van der Waals surface area contributed by atoms with Gasteiger partial charge in [-0.2, -0.15) is 10.1 Å². The van der Waals surface area contributed by atoms with Gasteiger partial charge in [-0.1, -0.05) is 60.7 Å². The fourth-order valence-electron chi connectivity index (χ4n) is 3.96. The molecule has 0 amide bonds.